The molecule has 0 bridgehead atoms. The molecule has 116 valence electrons. The van der Waals surface area contributed by atoms with Crippen LogP contribution >= 0.6 is 11.8 Å². The lowest BCUT2D eigenvalue weighted by Gasteiger charge is -2.49. The normalized spacial score (nSPS) is 23.9. The molecule has 3 heterocycles. The Kier molecular flexibility index (Phi) is 3.56. The topological polar surface area (TPSA) is 130 Å². The summed E-state index contributed by atoms with van der Waals surface area (Å²) in [6.45, 7) is 1.58. The minimum atomic E-state index is -1.13. The van der Waals surface area contributed by atoms with E-state index in [1.165, 1.54) is 27.7 Å². The number of thioether (sulfide) groups is 1. The van der Waals surface area contributed by atoms with Crippen molar-refractivity contribution in [2.24, 2.45) is 0 Å². The minimum absolute atomic E-state index is 0.0136. The molecule has 0 unspecified atom stereocenters. The summed E-state index contributed by atoms with van der Waals surface area (Å²) in [6, 6.07) is -0.726. The number of tetrazole rings is 1. The summed E-state index contributed by atoms with van der Waals surface area (Å²) in [4.78, 5) is 36.5. The summed E-state index contributed by atoms with van der Waals surface area (Å²) >= 11 is 1.43. The summed E-state index contributed by atoms with van der Waals surface area (Å²) in [5, 5.41) is 21.8. The SMILES string of the molecule is CC1=C(C(=O)O)N2C(=O)[C@@H](NC(=O)Cn3cnnn3)[C@H]2SC1. The van der Waals surface area contributed by atoms with Crippen LogP contribution in [0.3, 0.4) is 0 Å². The van der Waals surface area contributed by atoms with Crippen LogP contribution in [0.25, 0.3) is 0 Å². The number of hydrogen-bond acceptors (Lipinski definition) is 7. The Bertz CT molecular complexity index is 672. The lowest BCUT2D eigenvalue weighted by molar-refractivity contribution is -0.150. The number of β-lactam (4-membered cyclic amide) rings is 1. The number of carboxylic acid groups (broad SMARTS) is 1. The highest BCUT2D eigenvalue weighted by Crippen LogP contribution is 2.39. The summed E-state index contributed by atoms with van der Waals surface area (Å²) in [5.74, 6) is -1.45. The summed E-state index contributed by atoms with van der Waals surface area (Å²) in [6.07, 6.45) is 1.29. The molecule has 0 aromatic carbocycles. The van der Waals surface area contributed by atoms with Crippen LogP contribution in [-0.4, -0.2) is 65.2 Å². The van der Waals surface area contributed by atoms with Gasteiger partial charge in [-0.1, -0.05) is 0 Å². The van der Waals surface area contributed by atoms with Crippen LogP contribution in [0.15, 0.2) is 17.6 Å². The number of nitrogens with zero attached hydrogens (tertiary/aromatic N) is 5. The van der Waals surface area contributed by atoms with Crippen molar-refractivity contribution < 1.29 is 19.5 Å². The molecule has 1 aromatic rings. The third-order valence-electron chi connectivity index (χ3n) is 3.37. The first kappa shape index (κ1) is 14.5. The first-order valence-electron chi connectivity index (χ1n) is 6.37. The van der Waals surface area contributed by atoms with Gasteiger partial charge in [-0.15, -0.1) is 16.9 Å². The number of rotatable bonds is 4. The van der Waals surface area contributed by atoms with Gasteiger partial charge in [-0.25, -0.2) is 9.48 Å². The van der Waals surface area contributed by atoms with E-state index in [-0.39, 0.29) is 17.6 Å². The second kappa shape index (κ2) is 5.40. The van der Waals surface area contributed by atoms with Gasteiger partial charge in [-0.3, -0.25) is 14.5 Å². The zero-order chi connectivity index (χ0) is 15.9. The van der Waals surface area contributed by atoms with E-state index in [4.69, 9.17) is 0 Å². The molecule has 2 aliphatic rings. The van der Waals surface area contributed by atoms with Crippen molar-refractivity contribution in [2.75, 3.05) is 5.75 Å². The highest BCUT2D eigenvalue weighted by Gasteiger charge is 2.53. The van der Waals surface area contributed by atoms with Crippen molar-refractivity contribution in [3.63, 3.8) is 0 Å². The van der Waals surface area contributed by atoms with Crippen LogP contribution < -0.4 is 5.32 Å². The van der Waals surface area contributed by atoms with Gasteiger partial charge in [0.15, 0.2) is 0 Å². The molecule has 22 heavy (non-hydrogen) atoms. The second-order valence-corrected chi connectivity index (χ2v) is 6.00. The molecule has 0 radical (unpaired) electrons. The largest absolute Gasteiger partial charge is 0.477 e. The van der Waals surface area contributed by atoms with E-state index in [1.807, 2.05) is 0 Å². The molecule has 11 heteroatoms. The van der Waals surface area contributed by atoms with Gasteiger partial charge in [0.05, 0.1) is 0 Å². The molecule has 1 saturated heterocycles. The van der Waals surface area contributed by atoms with Crippen LogP contribution in [0.5, 0.6) is 0 Å². The summed E-state index contributed by atoms with van der Waals surface area (Å²) < 4.78 is 1.23. The van der Waals surface area contributed by atoms with Gasteiger partial charge in [0.25, 0.3) is 5.91 Å². The number of fused-ring (bicyclic) bond motifs is 1. The van der Waals surface area contributed by atoms with Gasteiger partial charge in [0.1, 0.15) is 30.0 Å². The van der Waals surface area contributed by atoms with Crippen LogP contribution in [0.4, 0.5) is 0 Å². The number of aromatic nitrogens is 4. The van der Waals surface area contributed by atoms with E-state index >= 15 is 0 Å². The monoisotopic (exact) mass is 324 g/mol. The Balaban J connectivity index is 1.68. The number of carboxylic acids is 1. The van der Waals surface area contributed by atoms with Gasteiger partial charge in [0, 0.05) is 5.75 Å². The number of carbonyl (C=O) groups excluding carboxylic acids is 2. The first-order valence-corrected chi connectivity index (χ1v) is 7.41. The van der Waals surface area contributed by atoms with Crippen LogP contribution in [0.1, 0.15) is 6.92 Å². The number of hydrogen-bond donors (Lipinski definition) is 2. The van der Waals surface area contributed by atoms with Crippen molar-refractivity contribution >= 4 is 29.5 Å². The fourth-order valence-electron chi connectivity index (χ4n) is 2.39. The molecule has 2 atom stereocenters. The summed E-state index contributed by atoms with van der Waals surface area (Å²) in [7, 11) is 0. The fourth-order valence-corrected chi connectivity index (χ4v) is 3.69. The molecule has 0 aliphatic carbocycles. The van der Waals surface area contributed by atoms with Gasteiger partial charge < -0.3 is 10.4 Å². The van der Waals surface area contributed by atoms with Crippen molar-refractivity contribution in [3.05, 3.63) is 17.6 Å². The number of aliphatic carboxylic acids is 1. The molecule has 1 fully saturated rings. The second-order valence-electron chi connectivity index (χ2n) is 4.90. The van der Waals surface area contributed by atoms with Crippen molar-refractivity contribution in [2.45, 2.75) is 24.9 Å². The highest BCUT2D eigenvalue weighted by atomic mass is 32.2. The maximum atomic E-state index is 12.1. The quantitative estimate of drug-likeness (QED) is 0.635. The van der Waals surface area contributed by atoms with E-state index in [2.05, 4.69) is 20.8 Å². The number of carbonyl (C=O) groups is 3. The standard InChI is InChI=1S/C11H12N6O4S/c1-5-3-22-10-7(9(19)17(10)8(5)11(20)21)13-6(18)2-16-4-12-14-15-16/h4,7,10H,2-3H2,1H3,(H,13,18)(H,20,21)/t7-,10-/m1/s1. The predicted molar refractivity (Wildman–Crippen MR) is 73.2 cm³/mol. The van der Waals surface area contributed by atoms with E-state index in [9.17, 15) is 19.5 Å². The zero-order valence-corrected chi connectivity index (χ0v) is 12.3. The maximum Gasteiger partial charge on any atom is 0.352 e. The molecule has 3 rings (SSSR count). The molecule has 1 aromatic heterocycles. The van der Waals surface area contributed by atoms with E-state index in [0.717, 1.165) is 0 Å². The Hall–Kier alpha value is -2.43. The Morgan fingerprint density at radius 3 is 2.95 bits per heavy atom. The molecular weight excluding hydrogens is 312 g/mol. The third kappa shape index (κ3) is 2.32. The molecule has 0 saturated carbocycles. The maximum absolute atomic E-state index is 12.1. The Labute approximate surface area is 128 Å². The zero-order valence-electron chi connectivity index (χ0n) is 11.5. The Morgan fingerprint density at radius 2 is 2.32 bits per heavy atom. The first-order chi connectivity index (χ1) is 10.5. The average molecular weight is 324 g/mol. The molecular formula is C11H12N6O4S. The van der Waals surface area contributed by atoms with Gasteiger partial charge >= 0.3 is 5.97 Å². The Morgan fingerprint density at radius 1 is 1.55 bits per heavy atom. The molecule has 2 amide bonds. The fraction of sp³-hybridized carbons (Fsp3) is 0.455. The molecule has 2 N–H and O–H groups in total. The minimum Gasteiger partial charge on any atom is -0.477 e. The average Bonchev–Trinajstić information content (AvgIpc) is 2.97. The lowest BCUT2D eigenvalue weighted by atomic mass is 10.0. The van der Waals surface area contributed by atoms with Crippen molar-refractivity contribution in [1.82, 2.24) is 30.4 Å². The van der Waals surface area contributed by atoms with E-state index in [0.29, 0.717) is 11.3 Å². The van der Waals surface area contributed by atoms with Crippen LogP contribution in [0, 0.1) is 0 Å². The smallest absolute Gasteiger partial charge is 0.352 e. The van der Waals surface area contributed by atoms with E-state index < -0.39 is 23.8 Å². The van der Waals surface area contributed by atoms with Crippen molar-refractivity contribution in [1.29, 1.82) is 0 Å². The lowest BCUT2D eigenvalue weighted by Crippen LogP contribution is -2.70. The van der Waals surface area contributed by atoms with Crippen molar-refractivity contribution in [3.8, 4) is 0 Å². The number of nitrogens with one attached hydrogen (secondary N) is 1. The predicted octanol–water partition coefficient (Wildman–Crippen LogP) is -1.57. The molecule has 0 spiro atoms. The molecule has 10 nitrogen and oxygen atoms in total. The van der Waals surface area contributed by atoms with E-state index in [1.54, 1.807) is 6.92 Å². The van der Waals surface area contributed by atoms with Crippen LogP contribution in [0.2, 0.25) is 0 Å². The van der Waals surface area contributed by atoms with Gasteiger partial charge in [-0.05, 0) is 22.9 Å². The molecule has 2 aliphatic heterocycles. The third-order valence-corrected chi connectivity index (χ3v) is 4.80. The van der Waals surface area contributed by atoms with Gasteiger partial charge in [-0.2, -0.15) is 0 Å². The van der Waals surface area contributed by atoms with Gasteiger partial charge in [0.2, 0.25) is 5.91 Å². The van der Waals surface area contributed by atoms with Crippen LogP contribution in [-0.2, 0) is 20.9 Å². The highest BCUT2D eigenvalue weighted by molar-refractivity contribution is 8.00. The summed E-state index contributed by atoms with van der Waals surface area (Å²) in [5.41, 5.74) is 0.653. The number of amides is 2.